The highest BCUT2D eigenvalue weighted by Gasteiger charge is 2.43. The van der Waals surface area contributed by atoms with E-state index in [4.69, 9.17) is 0 Å². The molecular weight excluding hydrogens is 398 g/mol. The Labute approximate surface area is 189 Å². The first-order valence-electron chi connectivity index (χ1n) is 11.0. The van der Waals surface area contributed by atoms with Crippen molar-refractivity contribution in [2.75, 3.05) is 27.2 Å². The number of pyridine rings is 1. The number of hydrogen-bond acceptors (Lipinski definition) is 3. The van der Waals surface area contributed by atoms with Crippen molar-refractivity contribution in [3.8, 4) is 11.1 Å². The molecule has 4 rings (SSSR count). The monoisotopic (exact) mass is 427 g/mol. The Morgan fingerprint density at radius 2 is 1.59 bits per heavy atom. The molecule has 1 aliphatic rings. The fourth-order valence-corrected chi connectivity index (χ4v) is 4.61. The molecule has 0 bridgehead atoms. The molecular formula is C27H29N3O2. The average molecular weight is 428 g/mol. The maximum atomic E-state index is 13.3. The number of carbonyl (C=O) groups excluding carboxylic acids is 2. The van der Waals surface area contributed by atoms with Gasteiger partial charge in [-0.3, -0.25) is 14.6 Å². The minimum atomic E-state index is -0.514. The zero-order valence-electron chi connectivity index (χ0n) is 18.7. The highest BCUT2D eigenvalue weighted by atomic mass is 16.2. The van der Waals surface area contributed by atoms with Gasteiger partial charge in [-0.2, -0.15) is 0 Å². The summed E-state index contributed by atoms with van der Waals surface area (Å²) in [5, 5.41) is 0. The summed E-state index contributed by atoms with van der Waals surface area (Å²) in [6, 6.07) is 24.1. The van der Waals surface area contributed by atoms with Gasteiger partial charge in [-0.15, -0.1) is 0 Å². The molecule has 5 nitrogen and oxygen atoms in total. The molecule has 2 heterocycles. The van der Waals surface area contributed by atoms with Crippen LogP contribution in [0.2, 0.25) is 0 Å². The van der Waals surface area contributed by atoms with E-state index in [2.05, 4.69) is 41.4 Å². The number of hydrogen-bond donors (Lipinski definition) is 0. The molecule has 32 heavy (non-hydrogen) atoms. The largest absolute Gasteiger partial charge is 0.348 e. The third kappa shape index (κ3) is 4.57. The van der Waals surface area contributed by atoms with E-state index >= 15 is 0 Å². The number of nitrogens with zero attached hydrogens (tertiary/aromatic N) is 3. The van der Waals surface area contributed by atoms with E-state index in [0.717, 1.165) is 16.7 Å². The van der Waals surface area contributed by atoms with E-state index in [0.29, 0.717) is 38.0 Å². The van der Waals surface area contributed by atoms with Crippen LogP contribution in [0.25, 0.3) is 11.1 Å². The predicted octanol–water partition coefficient (Wildman–Crippen LogP) is 4.30. The topological polar surface area (TPSA) is 53.5 Å². The summed E-state index contributed by atoms with van der Waals surface area (Å²) in [4.78, 5) is 33.9. The third-order valence-corrected chi connectivity index (χ3v) is 6.33. The van der Waals surface area contributed by atoms with Gasteiger partial charge >= 0.3 is 0 Å². The second kappa shape index (κ2) is 9.35. The van der Waals surface area contributed by atoms with Gasteiger partial charge in [0.15, 0.2) is 0 Å². The van der Waals surface area contributed by atoms with E-state index in [1.54, 1.807) is 23.2 Å². The Morgan fingerprint density at radius 1 is 0.906 bits per heavy atom. The van der Waals surface area contributed by atoms with Crippen molar-refractivity contribution in [1.29, 1.82) is 0 Å². The van der Waals surface area contributed by atoms with Gasteiger partial charge in [0.25, 0.3) is 5.91 Å². The van der Waals surface area contributed by atoms with Crippen molar-refractivity contribution < 1.29 is 9.59 Å². The van der Waals surface area contributed by atoms with Gasteiger partial charge < -0.3 is 9.80 Å². The number of carbonyl (C=O) groups is 2. The van der Waals surface area contributed by atoms with Gasteiger partial charge in [0.2, 0.25) is 5.91 Å². The Hall–Kier alpha value is -3.47. The van der Waals surface area contributed by atoms with Crippen LogP contribution >= 0.6 is 0 Å². The van der Waals surface area contributed by atoms with Crippen LogP contribution in [-0.4, -0.2) is 53.8 Å². The Morgan fingerprint density at radius 3 is 2.25 bits per heavy atom. The first-order valence-corrected chi connectivity index (χ1v) is 11.0. The van der Waals surface area contributed by atoms with Crippen molar-refractivity contribution in [2.24, 2.45) is 5.41 Å². The summed E-state index contributed by atoms with van der Waals surface area (Å²) in [6.07, 6.45) is 3.57. The maximum absolute atomic E-state index is 13.3. The molecule has 0 aliphatic carbocycles. The number of aromatic nitrogens is 1. The van der Waals surface area contributed by atoms with E-state index in [1.807, 2.05) is 43.3 Å². The van der Waals surface area contributed by atoms with Crippen molar-refractivity contribution >= 4 is 11.8 Å². The molecule has 1 saturated heterocycles. The van der Waals surface area contributed by atoms with Gasteiger partial charge in [-0.25, -0.2) is 0 Å². The summed E-state index contributed by atoms with van der Waals surface area (Å²) in [7, 11) is 3.63. The molecule has 2 amide bonds. The molecule has 0 N–H and O–H groups in total. The second-order valence-electron chi connectivity index (χ2n) is 8.73. The molecule has 2 aromatic carbocycles. The summed E-state index contributed by atoms with van der Waals surface area (Å²) in [5.41, 5.74) is 3.40. The number of piperidine rings is 1. The number of benzene rings is 2. The van der Waals surface area contributed by atoms with Crippen molar-refractivity contribution in [2.45, 2.75) is 19.3 Å². The van der Waals surface area contributed by atoms with Gasteiger partial charge in [0.1, 0.15) is 5.69 Å². The zero-order valence-corrected chi connectivity index (χ0v) is 18.7. The van der Waals surface area contributed by atoms with Gasteiger partial charge in [0.05, 0.1) is 5.41 Å². The van der Waals surface area contributed by atoms with E-state index < -0.39 is 5.41 Å². The average Bonchev–Trinajstić information content (AvgIpc) is 2.85. The minimum absolute atomic E-state index is 0.0671. The first kappa shape index (κ1) is 21.8. The lowest BCUT2D eigenvalue weighted by Gasteiger charge is -2.42. The fourth-order valence-electron chi connectivity index (χ4n) is 4.61. The SMILES string of the molecule is CN(C)C(=O)C1(Cc2cccc(-c3ccccc3)c2)CCN(C(=O)c2ccccn2)CC1. The molecule has 0 atom stereocenters. The van der Waals surface area contributed by atoms with E-state index in [1.165, 1.54) is 0 Å². The van der Waals surface area contributed by atoms with Crippen molar-refractivity contribution in [3.05, 3.63) is 90.3 Å². The molecule has 5 heteroatoms. The smallest absolute Gasteiger partial charge is 0.272 e. The van der Waals surface area contributed by atoms with Crippen molar-refractivity contribution in [3.63, 3.8) is 0 Å². The van der Waals surface area contributed by atoms with Crippen LogP contribution in [0.1, 0.15) is 28.9 Å². The van der Waals surface area contributed by atoms with Crippen molar-refractivity contribution in [1.82, 2.24) is 14.8 Å². The molecule has 1 aliphatic heterocycles. The molecule has 1 fully saturated rings. The molecule has 0 spiro atoms. The van der Waals surface area contributed by atoms with Crippen LogP contribution in [0, 0.1) is 5.41 Å². The van der Waals surface area contributed by atoms with E-state index in [-0.39, 0.29) is 11.8 Å². The predicted molar refractivity (Wildman–Crippen MR) is 126 cm³/mol. The molecule has 3 aromatic rings. The van der Waals surface area contributed by atoms with Crippen LogP contribution in [0.4, 0.5) is 0 Å². The highest BCUT2D eigenvalue weighted by Crippen LogP contribution is 2.38. The summed E-state index contributed by atoms with van der Waals surface area (Å²) < 4.78 is 0. The lowest BCUT2D eigenvalue weighted by molar-refractivity contribution is -0.142. The first-order chi connectivity index (χ1) is 15.5. The molecule has 1 aromatic heterocycles. The minimum Gasteiger partial charge on any atom is -0.348 e. The normalized spacial score (nSPS) is 15.2. The molecule has 164 valence electrons. The van der Waals surface area contributed by atoms with Crippen LogP contribution in [-0.2, 0) is 11.2 Å². The highest BCUT2D eigenvalue weighted by molar-refractivity contribution is 5.92. The quantitative estimate of drug-likeness (QED) is 0.610. The standard InChI is InChI=1S/C27H29N3O2/c1-29(2)26(32)27(14-17-30(18-15-27)25(31)24-13-6-7-16-28-24)20-21-9-8-12-23(19-21)22-10-4-3-5-11-22/h3-13,16,19H,14-15,17-18,20H2,1-2H3. The zero-order chi connectivity index (χ0) is 22.6. The third-order valence-electron chi connectivity index (χ3n) is 6.33. The summed E-state index contributed by atoms with van der Waals surface area (Å²) >= 11 is 0. The van der Waals surface area contributed by atoms with Gasteiger partial charge in [0, 0.05) is 33.4 Å². The van der Waals surface area contributed by atoms with E-state index in [9.17, 15) is 9.59 Å². The second-order valence-corrected chi connectivity index (χ2v) is 8.73. The lowest BCUT2D eigenvalue weighted by atomic mass is 9.72. The van der Waals surface area contributed by atoms with Crippen LogP contribution in [0.3, 0.4) is 0 Å². The molecule has 0 radical (unpaired) electrons. The molecule has 0 unspecified atom stereocenters. The Balaban J connectivity index is 1.55. The molecule has 0 saturated carbocycles. The van der Waals surface area contributed by atoms with Crippen LogP contribution in [0.15, 0.2) is 79.0 Å². The van der Waals surface area contributed by atoms with Gasteiger partial charge in [-0.05, 0) is 48.1 Å². The summed E-state index contributed by atoms with van der Waals surface area (Å²) in [6.45, 7) is 1.10. The number of likely N-dealkylation sites (tertiary alicyclic amines) is 1. The van der Waals surface area contributed by atoms with Crippen LogP contribution < -0.4 is 0 Å². The Kier molecular flexibility index (Phi) is 6.35. The summed E-state index contributed by atoms with van der Waals surface area (Å²) in [5.74, 6) is 0.0649. The number of amides is 2. The lowest BCUT2D eigenvalue weighted by Crippen LogP contribution is -2.51. The Bertz CT molecular complexity index is 1070. The maximum Gasteiger partial charge on any atom is 0.272 e. The number of rotatable bonds is 5. The fraction of sp³-hybridized carbons (Fsp3) is 0.296. The van der Waals surface area contributed by atoms with Crippen LogP contribution in [0.5, 0.6) is 0 Å². The van der Waals surface area contributed by atoms with Gasteiger partial charge in [-0.1, -0.05) is 60.7 Å².